The number of ether oxygens (including phenoxy) is 6. The summed E-state index contributed by atoms with van der Waals surface area (Å²) >= 11 is 0. The number of hydroxylamine groups is 2. The standard InChI is InChI=1S/C27H35NO13/c1-7-21(29)36-15-26(16-37-22(30)8-2,17-38-23(31)9-3)13-35-14-27(18-39-24(32)10-4,19-40-25(33)11-5)20-41-28(34)12-6/h7-12,34H,1-6,13-20H2. The van der Waals surface area contributed by atoms with Gasteiger partial charge in [0, 0.05) is 30.4 Å². The van der Waals surface area contributed by atoms with E-state index in [0.29, 0.717) is 0 Å². The molecule has 226 valence electrons. The van der Waals surface area contributed by atoms with Crippen molar-refractivity contribution < 1.29 is 62.4 Å². The Bertz CT molecular complexity index is 904. The first-order valence-electron chi connectivity index (χ1n) is 11.7. The van der Waals surface area contributed by atoms with Crippen LogP contribution in [0.2, 0.25) is 0 Å². The molecule has 0 aromatic heterocycles. The molecule has 14 nitrogen and oxygen atoms in total. The van der Waals surface area contributed by atoms with Crippen LogP contribution >= 0.6 is 0 Å². The summed E-state index contributed by atoms with van der Waals surface area (Å²) in [6.45, 7) is 16.2. The summed E-state index contributed by atoms with van der Waals surface area (Å²) in [5.74, 6) is -4.15. The van der Waals surface area contributed by atoms with Crippen molar-refractivity contribution in [1.82, 2.24) is 5.23 Å². The van der Waals surface area contributed by atoms with E-state index in [4.69, 9.17) is 33.3 Å². The first-order chi connectivity index (χ1) is 19.4. The van der Waals surface area contributed by atoms with Crippen LogP contribution in [0.1, 0.15) is 0 Å². The van der Waals surface area contributed by atoms with Crippen LogP contribution < -0.4 is 0 Å². The smallest absolute Gasteiger partial charge is 0.330 e. The topological polar surface area (TPSA) is 173 Å². The Hall–Kier alpha value is -4.53. The molecule has 0 saturated heterocycles. The van der Waals surface area contributed by atoms with E-state index >= 15 is 0 Å². The first kappa shape index (κ1) is 36.5. The van der Waals surface area contributed by atoms with Gasteiger partial charge in [-0.05, 0) is 0 Å². The minimum absolute atomic E-state index is 0.266. The van der Waals surface area contributed by atoms with Crippen molar-refractivity contribution in [3.63, 3.8) is 0 Å². The van der Waals surface area contributed by atoms with E-state index in [9.17, 15) is 29.2 Å². The van der Waals surface area contributed by atoms with E-state index in [-0.39, 0.29) is 5.23 Å². The molecule has 0 saturated carbocycles. The Balaban J connectivity index is 6.29. The molecule has 0 aromatic carbocycles. The first-order valence-corrected chi connectivity index (χ1v) is 11.7. The number of esters is 5. The summed E-state index contributed by atoms with van der Waals surface area (Å²) in [7, 11) is 0. The van der Waals surface area contributed by atoms with Crippen molar-refractivity contribution in [2.24, 2.45) is 10.8 Å². The SMILES string of the molecule is C=CC(=O)OCC(COCC(COC(=O)C=C)(COC(=O)C=C)CON(O)C=C)(COC(=O)C=C)COC(=O)C=C. The van der Waals surface area contributed by atoms with Crippen LogP contribution in [0.3, 0.4) is 0 Å². The Morgan fingerprint density at radius 3 is 1.02 bits per heavy atom. The summed E-state index contributed by atoms with van der Waals surface area (Å²) in [4.78, 5) is 64.3. The molecular weight excluding hydrogens is 546 g/mol. The number of hydrogen-bond donors (Lipinski definition) is 1. The van der Waals surface area contributed by atoms with Gasteiger partial charge in [-0.2, -0.15) is 0 Å². The third-order valence-electron chi connectivity index (χ3n) is 4.91. The van der Waals surface area contributed by atoms with E-state index in [1.54, 1.807) is 0 Å². The van der Waals surface area contributed by atoms with Crippen LogP contribution in [0.25, 0.3) is 0 Å². The minimum atomic E-state index is -1.48. The highest BCUT2D eigenvalue weighted by Gasteiger charge is 2.40. The third-order valence-corrected chi connectivity index (χ3v) is 4.91. The lowest BCUT2D eigenvalue weighted by atomic mass is 9.90. The van der Waals surface area contributed by atoms with Gasteiger partial charge in [0.15, 0.2) is 0 Å². The zero-order chi connectivity index (χ0) is 31.3. The zero-order valence-electron chi connectivity index (χ0n) is 22.7. The monoisotopic (exact) mass is 581 g/mol. The van der Waals surface area contributed by atoms with Crippen molar-refractivity contribution in [2.75, 3.05) is 52.9 Å². The van der Waals surface area contributed by atoms with Gasteiger partial charge in [-0.15, -0.1) is 5.23 Å². The van der Waals surface area contributed by atoms with Gasteiger partial charge in [-0.3, -0.25) is 5.21 Å². The Morgan fingerprint density at radius 2 is 0.780 bits per heavy atom. The molecule has 0 rings (SSSR count). The van der Waals surface area contributed by atoms with Crippen molar-refractivity contribution >= 4 is 29.8 Å². The molecule has 0 unspecified atom stereocenters. The lowest BCUT2D eigenvalue weighted by molar-refractivity contribution is -0.322. The summed E-state index contributed by atoms with van der Waals surface area (Å²) < 4.78 is 31.6. The minimum Gasteiger partial charge on any atom is -0.462 e. The second-order valence-electron chi connectivity index (χ2n) is 8.31. The van der Waals surface area contributed by atoms with Crippen LogP contribution in [0.4, 0.5) is 0 Å². The molecule has 0 aliphatic carbocycles. The maximum atomic E-state index is 11.8. The molecular formula is C27H35NO13. The van der Waals surface area contributed by atoms with E-state index in [1.165, 1.54) is 0 Å². The van der Waals surface area contributed by atoms with Crippen molar-refractivity contribution in [2.45, 2.75) is 0 Å². The highest BCUT2D eigenvalue weighted by molar-refractivity contribution is 5.82. The molecule has 0 atom stereocenters. The van der Waals surface area contributed by atoms with Gasteiger partial charge in [0.25, 0.3) is 0 Å². The maximum absolute atomic E-state index is 11.8. The molecule has 41 heavy (non-hydrogen) atoms. The lowest BCUT2D eigenvalue weighted by Crippen LogP contribution is -2.47. The highest BCUT2D eigenvalue weighted by Crippen LogP contribution is 2.26. The number of carbonyl (C=O) groups is 5. The molecule has 0 aliphatic rings. The van der Waals surface area contributed by atoms with E-state index in [0.717, 1.165) is 36.6 Å². The molecule has 0 heterocycles. The van der Waals surface area contributed by atoms with Gasteiger partial charge in [-0.25, -0.2) is 28.8 Å². The number of nitrogens with zero attached hydrogens (tertiary/aromatic N) is 1. The fourth-order valence-corrected chi connectivity index (χ4v) is 2.66. The molecule has 0 fully saturated rings. The van der Waals surface area contributed by atoms with Crippen LogP contribution in [0.5, 0.6) is 0 Å². The molecule has 0 bridgehead atoms. The van der Waals surface area contributed by atoms with Crippen LogP contribution in [0.15, 0.2) is 76.1 Å². The molecule has 0 aliphatic heterocycles. The molecule has 0 aromatic rings. The van der Waals surface area contributed by atoms with E-state index in [1.807, 2.05) is 0 Å². The highest BCUT2D eigenvalue weighted by atomic mass is 16.9. The summed E-state index contributed by atoms with van der Waals surface area (Å²) in [5.41, 5.74) is -2.96. The second kappa shape index (κ2) is 19.5. The molecule has 1 N–H and O–H groups in total. The van der Waals surface area contributed by atoms with Gasteiger partial charge >= 0.3 is 29.8 Å². The average molecular weight is 582 g/mol. The predicted molar refractivity (Wildman–Crippen MR) is 141 cm³/mol. The summed E-state index contributed by atoms with van der Waals surface area (Å²) in [5, 5.41) is 9.96. The van der Waals surface area contributed by atoms with E-state index < -0.39 is 93.5 Å². The van der Waals surface area contributed by atoms with Gasteiger partial charge < -0.3 is 28.4 Å². The molecule has 0 radical (unpaired) electrons. The fourth-order valence-electron chi connectivity index (χ4n) is 2.66. The Kier molecular flexibility index (Phi) is 17.4. The zero-order valence-corrected chi connectivity index (χ0v) is 22.7. The van der Waals surface area contributed by atoms with Gasteiger partial charge in [0.1, 0.15) is 33.0 Å². The van der Waals surface area contributed by atoms with Crippen molar-refractivity contribution in [3.8, 4) is 0 Å². The Labute approximate surface area is 237 Å². The van der Waals surface area contributed by atoms with Crippen LogP contribution in [-0.2, 0) is 57.2 Å². The molecule has 14 heteroatoms. The predicted octanol–water partition coefficient (Wildman–Crippen LogP) is 1.39. The fraction of sp³-hybridized carbons (Fsp3) is 0.370. The van der Waals surface area contributed by atoms with E-state index in [2.05, 4.69) is 39.5 Å². The van der Waals surface area contributed by atoms with Crippen molar-refractivity contribution in [1.29, 1.82) is 0 Å². The maximum Gasteiger partial charge on any atom is 0.330 e. The summed E-state index contributed by atoms with van der Waals surface area (Å²) in [6.07, 6.45) is 5.37. The van der Waals surface area contributed by atoms with Crippen LogP contribution in [0, 0.1) is 10.8 Å². The normalized spacial score (nSPS) is 10.7. The summed E-state index contributed by atoms with van der Waals surface area (Å²) in [6, 6.07) is 0. The molecule has 0 spiro atoms. The number of rotatable bonds is 23. The largest absolute Gasteiger partial charge is 0.462 e. The van der Waals surface area contributed by atoms with Gasteiger partial charge in [0.05, 0.1) is 36.9 Å². The van der Waals surface area contributed by atoms with Crippen molar-refractivity contribution in [3.05, 3.63) is 76.1 Å². The lowest BCUT2D eigenvalue weighted by Gasteiger charge is -2.35. The second-order valence-corrected chi connectivity index (χ2v) is 8.31. The quantitative estimate of drug-likeness (QED) is 0.0793. The molecule has 0 amide bonds. The van der Waals surface area contributed by atoms with Gasteiger partial charge in [0.2, 0.25) is 0 Å². The third kappa shape index (κ3) is 15.0. The van der Waals surface area contributed by atoms with Gasteiger partial charge in [-0.1, -0.05) is 39.5 Å². The number of hydrogen-bond acceptors (Lipinski definition) is 14. The number of carbonyl (C=O) groups excluding carboxylic acids is 5. The average Bonchev–Trinajstić information content (AvgIpc) is 3.00. The van der Waals surface area contributed by atoms with Crippen LogP contribution in [-0.4, -0.2) is 93.1 Å². The Morgan fingerprint density at radius 1 is 0.512 bits per heavy atom.